The van der Waals surface area contributed by atoms with Gasteiger partial charge in [0.05, 0.1) is 4.90 Å². The summed E-state index contributed by atoms with van der Waals surface area (Å²) in [4.78, 5) is 12.3. The van der Waals surface area contributed by atoms with Crippen molar-refractivity contribution in [1.82, 2.24) is 5.16 Å². The van der Waals surface area contributed by atoms with Crippen molar-refractivity contribution in [2.75, 3.05) is 10.0 Å². The SMILES string of the molecule is Cc1cc(C)cc(NS(=O)(=O)c2ccc(C=Cc3onc(C)c3NC(=O)C3CC3)cc2)c1. The predicted molar refractivity (Wildman–Crippen MR) is 125 cm³/mol. The van der Waals surface area contributed by atoms with Crippen molar-refractivity contribution in [3.8, 4) is 0 Å². The zero-order chi connectivity index (χ0) is 22.9. The van der Waals surface area contributed by atoms with E-state index in [4.69, 9.17) is 4.52 Å². The van der Waals surface area contributed by atoms with Crippen LogP contribution in [0.25, 0.3) is 12.2 Å². The van der Waals surface area contributed by atoms with E-state index in [0.717, 1.165) is 29.5 Å². The van der Waals surface area contributed by atoms with Gasteiger partial charge in [-0.25, -0.2) is 8.42 Å². The zero-order valence-corrected chi connectivity index (χ0v) is 19.0. The fourth-order valence-electron chi connectivity index (χ4n) is 3.40. The Hall–Kier alpha value is -3.39. The first kappa shape index (κ1) is 21.8. The number of nitrogens with zero attached hydrogens (tertiary/aromatic N) is 1. The summed E-state index contributed by atoms with van der Waals surface area (Å²) in [5.41, 5.74) is 4.46. The summed E-state index contributed by atoms with van der Waals surface area (Å²) in [5, 5.41) is 6.81. The van der Waals surface area contributed by atoms with E-state index in [-0.39, 0.29) is 16.7 Å². The van der Waals surface area contributed by atoms with Gasteiger partial charge in [-0.15, -0.1) is 0 Å². The molecule has 1 fully saturated rings. The lowest BCUT2D eigenvalue weighted by Crippen LogP contribution is -2.14. The molecule has 0 unspecified atom stereocenters. The molecule has 1 amide bonds. The van der Waals surface area contributed by atoms with Crippen LogP contribution in [0, 0.1) is 26.7 Å². The van der Waals surface area contributed by atoms with E-state index in [9.17, 15) is 13.2 Å². The van der Waals surface area contributed by atoms with Gasteiger partial charge < -0.3 is 9.84 Å². The van der Waals surface area contributed by atoms with Crippen LogP contribution in [0.5, 0.6) is 0 Å². The van der Waals surface area contributed by atoms with Gasteiger partial charge in [-0.05, 0) is 80.6 Å². The molecule has 1 aliphatic carbocycles. The van der Waals surface area contributed by atoms with Crippen molar-refractivity contribution in [1.29, 1.82) is 0 Å². The molecule has 0 saturated heterocycles. The summed E-state index contributed by atoms with van der Waals surface area (Å²) >= 11 is 0. The number of anilines is 2. The molecule has 2 aromatic carbocycles. The smallest absolute Gasteiger partial charge is 0.261 e. The second-order valence-electron chi connectivity index (χ2n) is 8.16. The maximum atomic E-state index is 12.7. The molecule has 7 nitrogen and oxygen atoms in total. The van der Waals surface area contributed by atoms with Crippen LogP contribution in [0.15, 0.2) is 51.9 Å². The van der Waals surface area contributed by atoms with Gasteiger partial charge in [0.25, 0.3) is 10.0 Å². The normalized spacial score (nSPS) is 14.0. The van der Waals surface area contributed by atoms with Crippen LogP contribution < -0.4 is 10.0 Å². The maximum absolute atomic E-state index is 12.7. The fourth-order valence-corrected chi connectivity index (χ4v) is 4.44. The van der Waals surface area contributed by atoms with Crippen LogP contribution in [-0.4, -0.2) is 19.5 Å². The molecule has 0 spiro atoms. The molecule has 32 heavy (non-hydrogen) atoms. The molecule has 0 atom stereocenters. The average molecular weight is 452 g/mol. The highest BCUT2D eigenvalue weighted by molar-refractivity contribution is 7.92. The first-order valence-corrected chi connectivity index (χ1v) is 11.9. The van der Waals surface area contributed by atoms with E-state index < -0.39 is 10.0 Å². The van der Waals surface area contributed by atoms with Crippen LogP contribution in [0.4, 0.5) is 11.4 Å². The van der Waals surface area contributed by atoms with E-state index >= 15 is 0 Å². The third-order valence-corrected chi connectivity index (χ3v) is 6.57. The van der Waals surface area contributed by atoms with Crippen LogP contribution in [-0.2, 0) is 14.8 Å². The van der Waals surface area contributed by atoms with Crippen molar-refractivity contribution in [2.45, 2.75) is 38.5 Å². The Morgan fingerprint density at radius 1 is 1.03 bits per heavy atom. The molecule has 0 radical (unpaired) electrons. The number of carbonyl (C=O) groups is 1. The number of aryl methyl sites for hydroxylation is 3. The Bertz CT molecular complexity index is 1270. The molecule has 1 aliphatic rings. The number of rotatable bonds is 7. The van der Waals surface area contributed by atoms with Crippen molar-refractivity contribution in [2.24, 2.45) is 5.92 Å². The number of nitrogens with one attached hydrogen (secondary N) is 2. The van der Waals surface area contributed by atoms with Gasteiger partial charge in [0.2, 0.25) is 5.91 Å². The van der Waals surface area contributed by atoms with Crippen molar-refractivity contribution >= 4 is 39.5 Å². The topological polar surface area (TPSA) is 101 Å². The van der Waals surface area contributed by atoms with Gasteiger partial charge in [0, 0.05) is 11.6 Å². The third kappa shape index (κ3) is 5.08. The van der Waals surface area contributed by atoms with Crippen LogP contribution in [0.3, 0.4) is 0 Å². The molecule has 166 valence electrons. The maximum Gasteiger partial charge on any atom is 0.261 e. The Morgan fingerprint density at radius 3 is 2.31 bits per heavy atom. The lowest BCUT2D eigenvalue weighted by molar-refractivity contribution is -0.117. The number of hydrogen-bond acceptors (Lipinski definition) is 5. The van der Waals surface area contributed by atoms with E-state index in [1.807, 2.05) is 19.9 Å². The highest BCUT2D eigenvalue weighted by atomic mass is 32.2. The molecule has 8 heteroatoms. The zero-order valence-electron chi connectivity index (χ0n) is 18.2. The first-order valence-electron chi connectivity index (χ1n) is 10.4. The summed E-state index contributed by atoms with van der Waals surface area (Å²) in [7, 11) is -3.70. The van der Waals surface area contributed by atoms with Crippen LogP contribution in [0.2, 0.25) is 0 Å². The van der Waals surface area contributed by atoms with Crippen molar-refractivity contribution in [3.05, 3.63) is 70.6 Å². The van der Waals surface area contributed by atoms with Gasteiger partial charge in [0.15, 0.2) is 5.76 Å². The fraction of sp³-hybridized carbons (Fsp3) is 0.250. The van der Waals surface area contributed by atoms with E-state index in [0.29, 0.717) is 22.8 Å². The number of aromatic nitrogens is 1. The Kier molecular flexibility index (Phi) is 5.88. The molecule has 0 aliphatic heterocycles. The van der Waals surface area contributed by atoms with E-state index in [1.54, 1.807) is 55.5 Å². The molecule has 4 rings (SSSR count). The molecule has 2 N–H and O–H groups in total. The third-order valence-electron chi connectivity index (χ3n) is 5.18. The number of benzene rings is 2. The summed E-state index contributed by atoms with van der Waals surface area (Å²) in [6.45, 7) is 5.61. The van der Waals surface area contributed by atoms with Crippen molar-refractivity contribution < 1.29 is 17.7 Å². The van der Waals surface area contributed by atoms with Crippen LogP contribution in [0.1, 0.15) is 41.0 Å². The number of amides is 1. The first-order chi connectivity index (χ1) is 15.2. The quantitative estimate of drug-likeness (QED) is 0.531. The van der Waals surface area contributed by atoms with Crippen molar-refractivity contribution in [3.63, 3.8) is 0 Å². The Labute approximate surface area is 187 Å². The second-order valence-corrected chi connectivity index (χ2v) is 9.84. The summed E-state index contributed by atoms with van der Waals surface area (Å²) in [6.07, 6.45) is 5.31. The van der Waals surface area contributed by atoms with Gasteiger partial charge in [-0.3, -0.25) is 9.52 Å². The minimum Gasteiger partial charge on any atom is -0.354 e. The largest absolute Gasteiger partial charge is 0.354 e. The number of sulfonamides is 1. The molecule has 3 aromatic rings. The molecule has 0 bridgehead atoms. The summed E-state index contributed by atoms with van der Waals surface area (Å²) in [6, 6.07) is 12.1. The van der Waals surface area contributed by atoms with Gasteiger partial charge in [0.1, 0.15) is 11.4 Å². The average Bonchev–Trinajstić information content (AvgIpc) is 3.52. The standard InChI is InChI=1S/C24H25N3O4S/c1-15-12-16(2)14-20(13-15)27-32(29,30)21-9-4-18(5-10-21)6-11-22-23(17(3)26-31-22)25-24(28)19-7-8-19/h4-6,9-14,19,27H,7-8H2,1-3H3,(H,25,28). The molecule has 1 saturated carbocycles. The highest BCUT2D eigenvalue weighted by Gasteiger charge is 2.30. The molecule has 1 aromatic heterocycles. The minimum absolute atomic E-state index is 0.0168. The number of hydrogen-bond donors (Lipinski definition) is 2. The lowest BCUT2D eigenvalue weighted by Gasteiger charge is -2.10. The predicted octanol–water partition coefficient (Wildman–Crippen LogP) is 4.92. The highest BCUT2D eigenvalue weighted by Crippen LogP contribution is 2.32. The second kappa shape index (κ2) is 8.63. The van der Waals surface area contributed by atoms with Crippen LogP contribution >= 0.6 is 0 Å². The number of carbonyl (C=O) groups excluding carboxylic acids is 1. The van der Waals surface area contributed by atoms with Gasteiger partial charge >= 0.3 is 0 Å². The monoisotopic (exact) mass is 451 g/mol. The summed E-state index contributed by atoms with van der Waals surface area (Å²) < 4.78 is 33.4. The minimum atomic E-state index is -3.70. The van der Waals surface area contributed by atoms with E-state index in [2.05, 4.69) is 15.2 Å². The Morgan fingerprint density at radius 2 is 1.69 bits per heavy atom. The van der Waals surface area contributed by atoms with Gasteiger partial charge in [-0.1, -0.05) is 29.4 Å². The molecule has 1 heterocycles. The Balaban J connectivity index is 1.48. The van der Waals surface area contributed by atoms with Gasteiger partial charge in [-0.2, -0.15) is 0 Å². The molecular weight excluding hydrogens is 426 g/mol. The molecular formula is C24H25N3O4S. The van der Waals surface area contributed by atoms with E-state index in [1.165, 1.54) is 0 Å². The summed E-state index contributed by atoms with van der Waals surface area (Å²) in [5.74, 6) is 0.509. The lowest BCUT2D eigenvalue weighted by atomic mass is 10.1.